The van der Waals surface area contributed by atoms with Gasteiger partial charge in [0.1, 0.15) is 5.75 Å². The summed E-state index contributed by atoms with van der Waals surface area (Å²) in [6, 6.07) is 9.61. The number of hydrogen-bond donors (Lipinski definition) is 1. The molecule has 0 heterocycles. The Bertz CT molecular complexity index is 384. The van der Waals surface area contributed by atoms with E-state index in [1.165, 1.54) is 5.56 Å². The standard InChI is InChI=1S/C14H20N2O/c1-3-11(2)13-6-4-5-7-14(13)17-9-8-12(16)10-15/h4-7,11-12H,3,8-9,16H2,1-2H3. The zero-order valence-corrected chi connectivity index (χ0v) is 10.5. The lowest BCUT2D eigenvalue weighted by molar-refractivity contribution is 0.301. The van der Waals surface area contributed by atoms with E-state index in [1.54, 1.807) is 0 Å². The van der Waals surface area contributed by atoms with E-state index in [0.717, 1.165) is 12.2 Å². The third-order valence-corrected chi connectivity index (χ3v) is 2.91. The van der Waals surface area contributed by atoms with Crippen LogP contribution in [0.4, 0.5) is 0 Å². The number of nitrogens with two attached hydrogens (primary N) is 1. The number of ether oxygens (including phenoxy) is 1. The van der Waals surface area contributed by atoms with Crippen molar-refractivity contribution >= 4 is 0 Å². The van der Waals surface area contributed by atoms with Crippen molar-refractivity contribution in [2.75, 3.05) is 6.61 Å². The van der Waals surface area contributed by atoms with Gasteiger partial charge in [0.25, 0.3) is 0 Å². The fourth-order valence-corrected chi connectivity index (χ4v) is 1.60. The van der Waals surface area contributed by atoms with Crippen LogP contribution in [0, 0.1) is 11.3 Å². The third-order valence-electron chi connectivity index (χ3n) is 2.91. The zero-order chi connectivity index (χ0) is 12.7. The fraction of sp³-hybridized carbons (Fsp3) is 0.500. The molecule has 92 valence electrons. The monoisotopic (exact) mass is 232 g/mol. The second-order valence-electron chi connectivity index (χ2n) is 4.22. The minimum Gasteiger partial charge on any atom is -0.493 e. The van der Waals surface area contributed by atoms with Crippen molar-refractivity contribution in [3.8, 4) is 11.8 Å². The summed E-state index contributed by atoms with van der Waals surface area (Å²) in [4.78, 5) is 0. The van der Waals surface area contributed by atoms with E-state index in [2.05, 4.69) is 19.9 Å². The second kappa shape index (κ2) is 6.93. The fourth-order valence-electron chi connectivity index (χ4n) is 1.60. The van der Waals surface area contributed by atoms with Crippen molar-refractivity contribution in [2.45, 2.75) is 38.6 Å². The predicted octanol–water partition coefficient (Wildman–Crippen LogP) is 2.82. The first kappa shape index (κ1) is 13.5. The van der Waals surface area contributed by atoms with Gasteiger partial charge in [-0.15, -0.1) is 0 Å². The Morgan fingerprint density at radius 1 is 1.41 bits per heavy atom. The van der Waals surface area contributed by atoms with Gasteiger partial charge in [-0.2, -0.15) is 5.26 Å². The summed E-state index contributed by atoms with van der Waals surface area (Å²) < 4.78 is 5.70. The van der Waals surface area contributed by atoms with E-state index in [4.69, 9.17) is 15.7 Å². The number of rotatable bonds is 6. The molecule has 2 atom stereocenters. The lowest BCUT2D eigenvalue weighted by Gasteiger charge is -2.15. The Hall–Kier alpha value is -1.53. The first-order valence-corrected chi connectivity index (χ1v) is 6.06. The van der Waals surface area contributed by atoms with Gasteiger partial charge in [0.15, 0.2) is 0 Å². The highest BCUT2D eigenvalue weighted by atomic mass is 16.5. The smallest absolute Gasteiger partial charge is 0.122 e. The molecular weight excluding hydrogens is 212 g/mol. The van der Waals surface area contributed by atoms with E-state index in [9.17, 15) is 0 Å². The van der Waals surface area contributed by atoms with Gasteiger partial charge in [-0.1, -0.05) is 32.0 Å². The molecule has 17 heavy (non-hydrogen) atoms. The number of nitriles is 1. The first-order valence-electron chi connectivity index (χ1n) is 6.06. The van der Waals surface area contributed by atoms with Crippen molar-refractivity contribution < 1.29 is 4.74 Å². The molecule has 0 bridgehead atoms. The van der Waals surface area contributed by atoms with Gasteiger partial charge in [-0.3, -0.25) is 0 Å². The number of nitrogens with zero attached hydrogens (tertiary/aromatic N) is 1. The van der Waals surface area contributed by atoms with Crippen LogP contribution in [0.2, 0.25) is 0 Å². The zero-order valence-electron chi connectivity index (χ0n) is 10.5. The first-order chi connectivity index (χ1) is 8.19. The van der Waals surface area contributed by atoms with Gasteiger partial charge in [0, 0.05) is 6.42 Å². The molecule has 0 aliphatic carbocycles. The summed E-state index contributed by atoms with van der Waals surface area (Å²) in [5, 5.41) is 8.58. The molecule has 0 aliphatic heterocycles. The molecular formula is C14H20N2O. The van der Waals surface area contributed by atoms with E-state index >= 15 is 0 Å². The topological polar surface area (TPSA) is 59.0 Å². The molecule has 0 saturated carbocycles. The summed E-state index contributed by atoms with van der Waals surface area (Å²) in [5.74, 6) is 1.39. The maximum atomic E-state index is 8.58. The molecule has 1 aromatic carbocycles. The Kier molecular flexibility index (Phi) is 5.51. The average molecular weight is 232 g/mol. The van der Waals surface area contributed by atoms with Crippen molar-refractivity contribution in [3.63, 3.8) is 0 Å². The Labute approximate surface area is 103 Å². The highest BCUT2D eigenvalue weighted by Gasteiger charge is 2.09. The molecule has 0 spiro atoms. The molecule has 3 nitrogen and oxygen atoms in total. The third kappa shape index (κ3) is 4.08. The Balaban J connectivity index is 2.61. The second-order valence-corrected chi connectivity index (χ2v) is 4.22. The highest BCUT2D eigenvalue weighted by molar-refractivity contribution is 5.35. The maximum Gasteiger partial charge on any atom is 0.122 e. The van der Waals surface area contributed by atoms with Gasteiger partial charge >= 0.3 is 0 Å². The van der Waals surface area contributed by atoms with E-state index < -0.39 is 6.04 Å². The highest BCUT2D eigenvalue weighted by Crippen LogP contribution is 2.28. The van der Waals surface area contributed by atoms with Crippen LogP contribution in [-0.2, 0) is 0 Å². The van der Waals surface area contributed by atoms with E-state index in [1.807, 2.05) is 24.3 Å². The van der Waals surface area contributed by atoms with Crippen molar-refractivity contribution in [1.82, 2.24) is 0 Å². The summed E-state index contributed by atoms with van der Waals surface area (Å²) in [7, 11) is 0. The van der Waals surface area contributed by atoms with Gasteiger partial charge in [-0.25, -0.2) is 0 Å². The summed E-state index contributed by atoms with van der Waals surface area (Å²) >= 11 is 0. The average Bonchev–Trinajstić information content (AvgIpc) is 2.38. The molecule has 0 saturated heterocycles. The van der Waals surface area contributed by atoms with Crippen LogP contribution in [-0.4, -0.2) is 12.6 Å². The van der Waals surface area contributed by atoms with Gasteiger partial charge in [0.05, 0.1) is 18.7 Å². The van der Waals surface area contributed by atoms with Crippen LogP contribution in [0.5, 0.6) is 5.75 Å². The van der Waals surface area contributed by atoms with Gasteiger partial charge < -0.3 is 10.5 Å². The summed E-state index contributed by atoms with van der Waals surface area (Å²) in [6.07, 6.45) is 1.64. The Morgan fingerprint density at radius 3 is 2.76 bits per heavy atom. The molecule has 1 rings (SSSR count). The van der Waals surface area contributed by atoms with E-state index in [0.29, 0.717) is 18.9 Å². The summed E-state index contributed by atoms with van der Waals surface area (Å²) in [5.41, 5.74) is 6.74. The van der Waals surface area contributed by atoms with Crippen LogP contribution in [0.3, 0.4) is 0 Å². The molecule has 0 radical (unpaired) electrons. The van der Waals surface area contributed by atoms with Crippen LogP contribution in [0.15, 0.2) is 24.3 Å². The van der Waals surface area contributed by atoms with Crippen molar-refractivity contribution in [2.24, 2.45) is 5.73 Å². The number of para-hydroxylation sites is 1. The Morgan fingerprint density at radius 2 is 2.12 bits per heavy atom. The van der Waals surface area contributed by atoms with Crippen molar-refractivity contribution in [3.05, 3.63) is 29.8 Å². The molecule has 2 N–H and O–H groups in total. The molecule has 2 unspecified atom stereocenters. The van der Waals surface area contributed by atoms with Gasteiger partial charge in [0.2, 0.25) is 0 Å². The van der Waals surface area contributed by atoms with Crippen LogP contribution < -0.4 is 10.5 Å². The molecule has 0 aromatic heterocycles. The van der Waals surface area contributed by atoms with E-state index in [-0.39, 0.29) is 0 Å². The van der Waals surface area contributed by atoms with Crippen LogP contribution in [0.25, 0.3) is 0 Å². The van der Waals surface area contributed by atoms with Crippen molar-refractivity contribution in [1.29, 1.82) is 5.26 Å². The number of benzene rings is 1. The minimum atomic E-state index is -0.439. The molecule has 1 aromatic rings. The summed E-state index contributed by atoms with van der Waals surface area (Å²) in [6.45, 7) is 4.83. The molecule has 0 aliphatic rings. The molecule has 0 fully saturated rings. The minimum absolute atomic E-state index is 0.439. The quantitative estimate of drug-likeness (QED) is 0.820. The SMILES string of the molecule is CCC(C)c1ccccc1OCCC(N)C#N. The predicted molar refractivity (Wildman–Crippen MR) is 68.8 cm³/mol. The number of hydrogen-bond acceptors (Lipinski definition) is 3. The maximum absolute atomic E-state index is 8.58. The lowest BCUT2D eigenvalue weighted by atomic mass is 9.98. The molecule has 3 heteroatoms. The van der Waals surface area contributed by atoms with Gasteiger partial charge in [-0.05, 0) is 24.0 Å². The van der Waals surface area contributed by atoms with Crippen LogP contribution in [0.1, 0.15) is 38.2 Å². The normalized spacial score (nSPS) is 13.8. The lowest BCUT2D eigenvalue weighted by Crippen LogP contribution is -2.20. The molecule has 0 amide bonds. The van der Waals surface area contributed by atoms with Crippen LogP contribution >= 0.6 is 0 Å². The largest absolute Gasteiger partial charge is 0.493 e.